The van der Waals surface area contributed by atoms with E-state index >= 15 is 0 Å². The average molecular weight is 305 g/mol. The standard InChI is InChI=1S/C16H19NO5/c1-2-17-7-10(16(21)22)14(19)11-12(17)15(20)9-6-4-3-5-8(9)13(11)18/h3-4,7-9,13,15,18,20H,2,5-6H2,1H3,(H,21,22)/t8-,9+,13-,15+/m1/s1. The largest absolute Gasteiger partial charge is 0.477 e. The van der Waals surface area contributed by atoms with Crippen LogP contribution in [0.5, 0.6) is 0 Å². The van der Waals surface area contributed by atoms with Crippen molar-refractivity contribution >= 4 is 5.97 Å². The van der Waals surface area contributed by atoms with Gasteiger partial charge in [0.2, 0.25) is 5.43 Å². The van der Waals surface area contributed by atoms with Gasteiger partial charge in [0, 0.05) is 12.7 Å². The first-order valence-corrected chi connectivity index (χ1v) is 7.49. The Morgan fingerprint density at radius 2 is 1.82 bits per heavy atom. The third-order valence-electron chi connectivity index (χ3n) is 4.85. The highest BCUT2D eigenvalue weighted by Gasteiger charge is 2.44. The molecule has 3 N–H and O–H groups in total. The summed E-state index contributed by atoms with van der Waals surface area (Å²) in [6.07, 6.45) is 4.47. The molecule has 4 atom stereocenters. The fourth-order valence-electron chi connectivity index (χ4n) is 3.73. The van der Waals surface area contributed by atoms with E-state index in [1.54, 1.807) is 4.57 Å². The summed E-state index contributed by atoms with van der Waals surface area (Å²) in [5.41, 5.74) is -0.643. The molecule has 1 aromatic rings. The van der Waals surface area contributed by atoms with Crippen LogP contribution in [0.15, 0.2) is 23.1 Å². The number of nitrogens with zero attached hydrogens (tertiary/aromatic N) is 1. The molecule has 6 nitrogen and oxygen atoms in total. The van der Waals surface area contributed by atoms with Crippen molar-refractivity contribution in [3.8, 4) is 0 Å². The number of aryl methyl sites for hydroxylation is 1. The van der Waals surface area contributed by atoms with Gasteiger partial charge in [-0.05, 0) is 31.6 Å². The van der Waals surface area contributed by atoms with Crippen LogP contribution in [0.2, 0.25) is 0 Å². The molecule has 2 aliphatic rings. The number of aliphatic hydroxyl groups excluding tert-OH is 2. The van der Waals surface area contributed by atoms with Gasteiger partial charge in [0.15, 0.2) is 0 Å². The third kappa shape index (κ3) is 2.02. The van der Waals surface area contributed by atoms with E-state index in [1.807, 2.05) is 19.1 Å². The molecule has 1 aromatic heterocycles. The van der Waals surface area contributed by atoms with Gasteiger partial charge in [-0.15, -0.1) is 0 Å². The summed E-state index contributed by atoms with van der Waals surface area (Å²) in [7, 11) is 0. The topological polar surface area (TPSA) is 99.8 Å². The number of carboxylic acids is 1. The molecule has 118 valence electrons. The summed E-state index contributed by atoms with van der Waals surface area (Å²) in [6, 6.07) is 0. The second kappa shape index (κ2) is 5.37. The molecule has 0 fully saturated rings. The maximum absolute atomic E-state index is 12.5. The van der Waals surface area contributed by atoms with E-state index in [0.29, 0.717) is 25.1 Å². The highest BCUT2D eigenvalue weighted by atomic mass is 16.4. The van der Waals surface area contributed by atoms with Crippen molar-refractivity contribution in [3.05, 3.63) is 45.4 Å². The van der Waals surface area contributed by atoms with E-state index in [1.165, 1.54) is 6.20 Å². The van der Waals surface area contributed by atoms with Gasteiger partial charge < -0.3 is 19.9 Å². The zero-order valence-corrected chi connectivity index (χ0v) is 12.3. The van der Waals surface area contributed by atoms with Gasteiger partial charge in [-0.2, -0.15) is 0 Å². The predicted octanol–water partition coefficient (Wildman–Crippen LogP) is 1.23. The van der Waals surface area contributed by atoms with Gasteiger partial charge in [0.05, 0.1) is 23.5 Å². The SMILES string of the molecule is CCn1cc(C(=O)O)c(=O)c2c1[C@@H](O)[C@H]1CC=CC[C@H]1[C@H]2O. The zero-order valence-electron chi connectivity index (χ0n) is 12.3. The van der Waals surface area contributed by atoms with Gasteiger partial charge in [-0.3, -0.25) is 4.79 Å². The fraction of sp³-hybridized carbons (Fsp3) is 0.500. The van der Waals surface area contributed by atoms with E-state index in [4.69, 9.17) is 0 Å². The number of rotatable bonds is 2. The number of hydrogen-bond acceptors (Lipinski definition) is 4. The van der Waals surface area contributed by atoms with E-state index in [0.717, 1.165) is 0 Å². The van der Waals surface area contributed by atoms with Crippen LogP contribution in [0.1, 0.15) is 53.6 Å². The van der Waals surface area contributed by atoms with Crippen molar-refractivity contribution in [1.82, 2.24) is 4.57 Å². The Morgan fingerprint density at radius 3 is 2.36 bits per heavy atom. The van der Waals surface area contributed by atoms with E-state index in [2.05, 4.69) is 0 Å². The molecule has 1 heterocycles. The summed E-state index contributed by atoms with van der Waals surface area (Å²) in [5, 5.41) is 30.5. The first kappa shape index (κ1) is 15.0. The summed E-state index contributed by atoms with van der Waals surface area (Å²) in [5.74, 6) is -1.72. The molecule has 0 saturated carbocycles. The number of carbonyl (C=O) groups is 1. The third-order valence-corrected chi connectivity index (χ3v) is 4.85. The monoisotopic (exact) mass is 305 g/mol. The van der Waals surface area contributed by atoms with Crippen LogP contribution in [0, 0.1) is 11.8 Å². The van der Waals surface area contributed by atoms with Gasteiger partial charge >= 0.3 is 5.97 Å². The van der Waals surface area contributed by atoms with Crippen LogP contribution in [0.25, 0.3) is 0 Å². The van der Waals surface area contributed by atoms with Gasteiger partial charge in [0.25, 0.3) is 0 Å². The Bertz CT molecular complexity index is 705. The van der Waals surface area contributed by atoms with Crippen LogP contribution in [0.4, 0.5) is 0 Å². The molecule has 0 aliphatic heterocycles. The van der Waals surface area contributed by atoms with Crippen molar-refractivity contribution in [2.24, 2.45) is 11.8 Å². The highest BCUT2D eigenvalue weighted by molar-refractivity contribution is 5.87. The smallest absolute Gasteiger partial charge is 0.341 e. The number of allylic oxidation sites excluding steroid dienone is 2. The second-order valence-corrected chi connectivity index (χ2v) is 5.92. The Kier molecular flexibility index (Phi) is 3.66. The van der Waals surface area contributed by atoms with Gasteiger partial charge in [0.1, 0.15) is 5.56 Å². The van der Waals surface area contributed by atoms with Crippen molar-refractivity contribution < 1.29 is 20.1 Å². The molecule has 0 radical (unpaired) electrons. The Hall–Kier alpha value is -1.92. The van der Waals surface area contributed by atoms with Crippen LogP contribution in [-0.2, 0) is 6.54 Å². The van der Waals surface area contributed by atoms with E-state index in [9.17, 15) is 24.9 Å². The first-order valence-electron chi connectivity index (χ1n) is 7.49. The molecule has 2 aliphatic carbocycles. The summed E-state index contributed by atoms with van der Waals surface area (Å²) in [6.45, 7) is 2.22. The van der Waals surface area contributed by atoms with Crippen LogP contribution in [-0.4, -0.2) is 25.9 Å². The molecular weight excluding hydrogens is 286 g/mol. The second-order valence-electron chi connectivity index (χ2n) is 5.92. The highest BCUT2D eigenvalue weighted by Crippen LogP contribution is 2.47. The minimum absolute atomic E-state index is 0.0470. The summed E-state index contributed by atoms with van der Waals surface area (Å²) < 4.78 is 1.57. The maximum atomic E-state index is 12.5. The first-order chi connectivity index (χ1) is 10.5. The molecule has 3 rings (SSSR count). The van der Waals surface area contributed by atoms with Crippen LogP contribution >= 0.6 is 0 Å². The fourth-order valence-corrected chi connectivity index (χ4v) is 3.73. The molecule has 0 saturated heterocycles. The molecule has 0 aromatic carbocycles. The maximum Gasteiger partial charge on any atom is 0.341 e. The van der Waals surface area contributed by atoms with E-state index in [-0.39, 0.29) is 23.0 Å². The molecule has 0 spiro atoms. The zero-order chi connectivity index (χ0) is 16.0. The molecule has 0 unspecified atom stereocenters. The number of pyridine rings is 1. The summed E-state index contributed by atoms with van der Waals surface area (Å²) >= 11 is 0. The average Bonchev–Trinajstić information content (AvgIpc) is 2.52. The predicted molar refractivity (Wildman–Crippen MR) is 78.6 cm³/mol. The number of aromatic carboxylic acids is 1. The normalized spacial score (nSPS) is 29.8. The molecular formula is C16H19NO5. The lowest BCUT2D eigenvalue weighted by Crippen LogP contribution is -2.41. The molecule has 0 amide bonds. The van der Waals surface area contributed by atoms with E-state index < -0.39 is 23.6 Å². The minimum atomic E-state index is -1.32. The Morgan fingerprint density at radius 1 is 1.23 bits per heavy atom. The van der Waals surface area contributed by atoms with Crippen LogP contribution in [0.3, 0.4) is 0 Å². The number of hydrogen-bond donors (Lipinski definition) is 3. The Balaban J connectivity index is 2.28. The van der Waals surface area contributed by atoms with Crippen molar-refractivity contribution in [2.75, 3.05) is 0 Å². The lowest BCUT2D eigenvalue weighted by Gasteiger charge is -2.42. The van der Waals surface area contributed by atoms with Crippen molar-refractivity contribution in [2.45, 2.75) is 38.5 Å². The van der Waals surface area contributed by atoms with Crippen LogP contribution < -0.4 is 5.43 Å². The van der Waals surface area contributed by atoms with Crippen molar-refractivity contribution in [3.63, 3.8) is 0 Å². The number of fused-ring (bicyclic) bond motifs is 2. The summed E-state index contributed by atoms with van der Waals surface area (Å²) in [4.78, 5) is 23.7. The number of carboxylic acid groups (broad SMARTS) is 1. The molecule has 22 heavy (non-hydrogen) atoms. The van der Waals surface area contributed by atoms with Crippen molar-refractivity contribution in [1.29, 1.82) is 0 Å². The quantitative estimate of drug-likeness (QED) is 0.714. The van der Waals surface area contributed by atoms with Gasteiger partial charge in [-0.25, -0.2) is 4.79 Å². The lowest BCUT2D eigenvalue weighted by molar-refractivity contribution is -0.0227. The number of aliphatic hydroxyl groups is 2. The molecule has 0 bridgehead atoms. The Labute approximate surface area is 127 Å². The number of aromatic nitrogens is 1. The molecule has 6 heteroatoms. The lowest BCUT2D eigenvalue weighted by atomic mass is 9.68. The minimum Gasteiger partial charge on any atom is -0.477 e. The van der Waals surface area contributed by atoms with Gasteiger partial charge in [-0.1, -0.05) is 12.2 Å².